The lowest BCUT2D eigenvalue weighted by Gasteiger charge is -2.26. The molecule has 0 aliphatic rings. The van der Waals surface area contributed by atoms with Crippen molar-refractivity contribution >= 4 is 33.9 Å². The summed E-state index contributed by atoms with van der Waals surface area (Å²) < 4.78 is 0. The topological polar surface area (TPSA) is 51.4 Å². The number of anilines is 1. The first-order valence-electron chi connectivity index (χ1n) is 10.2. The monoisotopic (exact) mass is 422 g/mol. The molecule has 0 unspecified atom stereocenters. The summed E-state index contributed by atoms with van der Waals surface area (Å²) in [5.41, 5.74) is 4.76. The van der Waals surface area contributed by atoms with Crippen LogP contribution in [0.5, 0.6) is 0 Å². The van der Waals surface area contributed by atoms with Crippen molar-refractivity contribution in [3.63, 3.8) is 0 Å². The fourth-order valence-electron chi connectivity index (χ4n) is 3.44. The minimum absolute atomic E-state index is 0.0657. The van der Waals surface area contributed by atoms with Crippen molar-refractivity contribution in [2.75, 3.05) is 32.5 Å². The molecule has 0 spiro atoms. The Morgan fingerprint density at radius 2 is 1.80 bits per heavy atom. The van der Waals surface area contributed by atoms with Gasteiger partial charge in [-0.1, -0.05) is 24.3 Å². The number of hydrogen-bond acceptors (Lipinski definition) is 3. The van der Waals surface area contributed by atoms with Crippen molar-refractivity contribution in [3.05, 3.63) is 75.6 Å². The minimum Gasteiger partial charge on any atom is -0.344 e. The first-order valence-corrected chi connectivity index (χ1v) is 10.6. The van der Waals surface area contributed by atoms with E-state index in [1.165, 1.54) is 5.56 Å². The van der Waals surface area contributed by atoms with Crippen LogP contribution < -0.4 is 10.9 Å². The van der Waals surface area contributed by atoms with Crippen LogP contribution in [0.3, 0.4) is 0 Å². The predicted octanol–water partition coefficient (Wildman–Crippen LogP) is 4.30. The van der Waals surface area contributed by atoms with Crippen LogP contribution in [-0.2, 0) is 6.54 Å². The number of rotatable bonds is 7. The van der Waals surface area contributed by atoms with Crippen LogP contribution in [0.4, 0.5) is 5.69 Å². The maximum atomic E-state index is 12.7. The third-order valence-corrected chi connectivity index (χ3v) is 5.39. The van der Waals surface area contributed by atoms with E-state index in [-0.39, 0.29) is 5.56 Å². The summed E-state index contributed by atoms with van der Waals surface area (Å²) in [4.78, 5) is 20.0. The van der Waals surface area contributed by atoms with Crippen molar-refractivity contribution in [1.29, 1.82) is 0 Å². The first-order chi connectivity index (χ1) is 14.3. The lowest BCUT2D eigenvalue weighted by Crippen LogP contribution is -2.37. The van der Waals surface area contributed by atoms with Crippen LogP contribution in [0.1, 0.15) is 23.1 Å². The lowest BCUT2D eigenvalue weighted by atomic mass is 10.1. The zero-order valence-electron chi connectivity index (χ0n) is 18.2. The maximum Gasteiger partial charge on any atom is 0.253 e. The zero-order chi connectivity index (χ0) is 21.7. The van der Waals surface area contributed by atoms with Gasteiger partial charge in [-0.25, -0.2) is 0 Å². The zero-order valence-corrected chi connectivity index (χ0v) is 19.0. The van der Waals surface area contributed by atoms with Crippen LogP contribution >= 0.6 is 12.2 Å². The van der Waals surface area contributed by atoms with E-state index in [2.05, 4.69) is 59.3 Å². The fourth-order valence-corrected chi connectivity index (χ4v) is 3.71. The van der Waals surface area contributed by atoms with Crippen molar-refractivity contribution in [1.82, 2.24) is 14.8 Å². The third-order valence-electron chi connectivity index (χ3n) is 5.03. The Balaban J connectivity index is 1.83. The number of H-pyrrole nitrogens is 1. The van der Waals surface area contributed by atoms with Gasteiger partial charge >= 0.3 is 0 Å². The largest absolute Gasteiger partial charge is 0.344 e. The number of fused-ring (bicyclic) bond motifs is 1. The number of aromatic nitrogens is 1. The Hall–Kier alpha value is -2.70. The van der Waals surface area contributed by atoms with Crippen molar-refractivity contribution in [3.8, 4) is 0 Å². The summed E-state index contributed by atoms with van der Waals surface area (Å²) in [6.07, 6.45) is 0.952. The molecule has 2 N–H and O–H groups in total. The SMILES string of the molecule is Cc1cccc(NC(=S)N(CCCN(C)C)Cc2cc3ccc(C)cc3[nH]c2=O)c1. The number of nitrogens with one attached hydrogen (secondary N) is 2. The van der Waals surface area contributed by atoms with Crippen molar-refractivity contribution in [2.45, 2.75) is 26.8 Å². The molecule has 0 saturated carbocycles. The number of aromatic amines is 1. The summed E-state index contributed by atoms with van der Waals surface area (Å²) in [5.74, 6) is 0. The van der Waals surface area contributed by atoms with Gasteiger partial charge in [-0.3, -0.25) is 4.79 Å². The molecule has 0 bridgehead atoms. The molecule has 1 aromatic heterocycles. The number of pyridine rings is 1. The van der Waals surface area contributed by atoms with Gasteiger partial charge in [-0.15, -0.1) is 0 Å². The molecule has 30 heavy (non-hydrogen) atoms. The van der Waals surface area contributed by atoms with Gasteiger partial charge in [0.05, 0.1) is 6.54 Å². The average Bonchev–Trinajstić information content (AvgIpc) is 2.67. The van der Waals surface area contributed by atoms with Crippen LogP contribution in [0.15, 0.2) is 53.3 Å². The van der Waals surface area contributed by atoms with Gasteiger partial charge in [0, 0.05) is 23.3 Å². The predicted molar refractivity (Wildman–Crippen MR) is 130 cm³/mol. The summed E-state index contributed by atoms with van der Waals surface area (Å²) in [7, 11) is 4.12. The van der Waals surface area contributed by atoms with Gasteiger partial charge in [0.2, 0.25) is 0 Å². The number of thiocarbonyl (C=S) groups is 1. The molecule has 1 heterocycles. The minimum atomic E-state index is -0.0657. The summed E-state index contributed by atoms with van der Waals surface area (Å²) in [6.45, 7) is 6.26. The van der Waals surface area contributed by atoms with E-state index < -0.39 is 0 Å². The molecule has 0 aliphatic heterocycles. The van der Waals surface area contributed by atoms with Crippen LogP contribution in [-0.4, -0.2) is 47.1 Å². The van der Waals surface area contributed by atoms with E-state index in [4.69, 9.17) is 12.2 Å². The summed E-state index contributed by atoms with van der Waals surface area (Å²) >= 11 is 5.72. The highest BCUT2D eigenvalue weighted by molar-refractivity contribution is 7.80. The molecular weight excluding hydrogens is 392 g/mol. The summed E-state index contributed by atoms with van der Waals surface area (Å²) in [5, 5.41) is 4.99. The Bertz CT molecular complexity index is 1090. The molecule has 158 valence electrons. The molecule has 0 atom stereocenters. The highest BCUT2D eigenvalue weighted by atomic mass is 32.1. The molecule has 2 aromatic carbocycles. The molecule has 0 aliphatic carbocycles. The van der Waals surface area contributed by atoms with E-state index in [9.17, 15) is 4.79 Å². The number of nitrogens with zero attached hydrogens (tertiary/aromatic N) is 2. The van der Waals surface area contributed by atoms with Gasteiger partial charge in [-0.2, -0.15) is 0 Å². The number of hydrogen-bond donors (Lipinski definition) is 2. The quantitative estimate of drug-likeness (QED) is 0.556. The first kappa shape index (κ1) is 22.0. The second-order valence-electron chi connectivity index (χ2n) is 8.09. The normalized spacial score (nSPS) is 11.1. The highest BCUT2D eigenvalue weighted by Gasteiger charge is 2.14. The molecule has 6 heteroatoms. The Kier molecular flexibility index (Phi) is 7.24. The van der Waals surface area contributed by atoms with E-state index in [1.54, 1.807) is 0 Å². The van der Waals surface area contributed by atoms with Crippen molar-refractivity contribution < 1.29 is 0 Å². The van der Waals surface area contributed by atoms with Crippen molar-refractivity contribution in [2.24, 2.45) is 0 Å². The Labute approximate surface area is 183 Å². The molecule has 3 rings (SSSR count). The van der Waals surface area contributed by atoms with Gasteiger partial charge in [0.25, 0.3) is 5.56 Å². The smallest absolute Gasteiger partial charge is 0.253 e. The van der Waals surface area contributed by atoms with Crippen LogP contribution in [0.2, 0.25) is 0 Å². The van der Waals surface area contributed by atoms with Gasteiger partial charge in [0.15, 0.2) is 5.11 Å². The Morgan fingerprint density at radius 3 is 2.53 bits per heavy atom. The lowest BCUT2D eigenvalue weighted by molar-refractivity contribution is 0.346. The molecule has 3 aromatic rings. The molecule has 0 amide bonds. The molecule has 0 fully saturated rings. The van der Waals surface area contributed by atoms with Gasteiger partial charge in [0.1, 0.15) is 0 Å². The Morgan fingerprint density at radius 1 is 1.03 bits per heavy atom. The van der Waals surface area contributed by atoms with E-state index in [0.717, 1.165) is 41.7 Å². The average molecular weight is 423 g/mol. The third kappa shape index (κ3) is 5.90. The fraction of sp³-hybridized carbons (Fsp3) is 0.333. The number of aryl methyl sites for hydroxylation is 2. The van der Waals surface area contributed by atoms with Crippen LogP contribution in [0.25, 0.3) is 10.9 Å². The second-order valence-corrected chi connectivity index (χ2v) is 8.48. The molecule has 0 radical (unpaired) electrons. The van der Waals surface area contributed by atoms with E-state index in [1.807, 2.05) is 37.3 Å². The van der Waals surface area contributed by atoms with Crippen LogP contribution in [0, 0.1) is 13.8 Å². The second kappa shape index (κ2) is 9.87. The molecular formula is C24H30N4OS. The summed E-state index contributed by atoms with van der Waals surface area (Å²) in [6, 6.07) is 16.2. The standard InChI is InChI=1S/C24H30N4OS/c1-17-7-5-8-21(13-17)25-24(30)28(12-6-11-27(3)4)16-20-15-19-10-9-18(2)14-22(19)26-23(20)29/h5,7-10,13-15H,6,11-12,16H2,1-4H3,(H,25,30)(H,26,29). The molecule has 5 nitrogen and oxygen atoms in total. The highest BCUT2D eigenvalue weighted by Crippen LogP contribution is 2.16. The van der Waals surface area contributed by atoms with Gasteiger partial charge < -0.3 is 20.1 Å². The molecule has 0 saturated heterocycles. The van der Waals surface area contributed by atoms with E-state index in [0.29, 0.717) is 17.2 Å². The van der Waals surface area contributed by atoms with E-state index >= 15 is 0 Å². The maximum absolute atomic E-state index is 12.7. The number of benzene rings is 2. The van der Waals surface area contributed by atoms with Gasteiger partial charge in [-0.05, 0) is 93.9 Å².